The van der Waals surface area contributed by atoms with Crippen LogP contribution < -0.4 is 21.7 Å². The first-order valence-electron chi connectivity index (χ1n) is 8.24. The summed E-state index contributed by atoms with van der Waals surface area (Å²) in [5, 5.41) is 11.5. The first-order chi connectivity index (χ1) is 13.5. The van der Waals surface area contributed by atoms with Crippen molar-refractivity contribution in [2.45, 2.75) is 6.92 Å². The van der Waals surface area contributed by atoms with Crippen molar-refractivity contribution in [2.24, 2.45) is 0 Å². The summed E-state index contributed by atoms with van der Waals surface area (Å²) in [4.78, 5) is 30.8. The zero-order valence-electron chi connectivity index (χ0n) is 14.8. The van der Waals surface area contributed by atoms with Crippen LogP contribution in [0.4, 0.5) is 23.0 Å². The van der Waals surface area contributed by atoms with Gasteiger partial charge in [-0.1, -0.05) is 35.9 Å². The topological polar surface area (TPSA) is 134 Å². The van der Waals surface area contributed by atoms with Crippen molar-refractivity contribution in [3.05, 3.63) is 82.2 Å². The second-order valence-corrected chi connectivity index (χ2v) is 5.74. The molecule has 1 aromatic heterocycles. The SMILES string of the molecule is Cc1ccc(C(=O)NNc2ncnc(NNc3ccccc3)c2[N+](=O)[O-])cc1. The van der Waals surface area contributed by atoms with Gasteiger partial charge in [-0.2, -0.15) is 0 Å². The van der Waals surface area contributed by atoms with Crippen molar-refractivity contribution in [1.82, 2.24) is 15.4 Å². The van der Waals surface area contributed by atoms with E-state index in [1.165, 1.54) is 0 Å². The average molecular weight is 379 g/mol. The molecule has 0 saturated carbocycles. The summed E-state index contributed by atoms with van der Waals surface area (Å²) < 4.78 is 0. The molecule has 0 spiro atoms. The fourth-order valence-corrected chi connectivity index (χ4v) is 2.28. The van der Waals surface area contributed by atoms with Gasteiger partial charge in [0.05, 0.1) is 10.6 Å². The third-order valence-corrected chi connectivity index (χ3v) is 3.71. The Labute approximate surface area is 160 Å². The van der Waals surface area contributed by atoms with Crippen LogP contribution >= 0.6 is 0 Å². The maximum Gasteiger partial charge on any atom is 0.356 e. The number of carbonyl (C=O) groups excluding carboxylic acids is 1. The molecule has 1 heterocycles. The normalized spacial score (nSPS) is 10.0. The van der Waals surface area contributed by atoms with Crippen molar-refractivity contribution >= 4 is 28.9 Å². The number of aromatic nitrogens is 2. The molecule has 10 nitrogen and oxygen atoms in total. The number of benzene rings is 2. The van der Waals surface area contributed by atoms with Gasteiger partial charge < -0.3 is 0 Å². The summed E-state index contributed by atoms with van der Waals surface area (Å²) in [6.45, 7) is 1.90. The molecule has 28 heavy (non-hydrogen) atoms. The Morgan fingerprint density at radius 2 is 1.57 bits per heavy atom. The van der Waals surface area contributed by atoms with Crippen molar-refractivity contribution in [1.29, 1.82) is 0 Å². The number of hydrogen-bond donors (Lipinski definition) is 4. The van der Waals surface area contributed by atoms with Crippen molar-refractivity contribution in [3.8, 4) is 0 Å². The minimum atomic E-state index is -0.643. The first-order valence-corrected chi connectivity index (χ1v) is 8.24. The minimum Gasteiger partial charge on any atom is -0.299 e. The predicted molar refractivity (Wildman–Crippen MR) is 105 cm³/mol. The van der Waals surface area contributed by atoms with Gasteiger partial charge in [0.1, 0.15) is 6.33 Å². The lowest BCUT2D eigenvalue weighted by molar-refractivity contribution is -0.383. The molecule has 142 valence electrons. The number of hydrazine groups is 2. The molecule has 4 N–H and O–H groups in total. The molecule has 0 aliphatic carbocycles. The van der Waals surface area contributed by atoms with Gasteiger partial charge in [-0.25, -0.2) is 9.97 Å². The summed E-state index contributed by atoms with van der Waals surface area (Å²) in [5.74, 6) is -0.668. The molecule has 1 amide bonds. The average Bonchev–Trinajstić information content (AvgIpc) is 2.71. The smallest absolute Gasteiger partial charge is 0.299 e. The summed E-state index contributed by atoms with van der Waals surface area (Å²) in [6, 6.07) is 15.9. The lowest BCUT2D eigenvalue weighted by Crippen LogP contribution is -2.30. The fourth-order valence-electron chi connectivity index (χ4n) is 2.28. The van der Waals surface area contributed by atoms with Gasteiger partial charge in [0.15, 0.2) is 0 Å². The number of para-hydroxylation sites is 1. The number of nitrogens with zero attached hydrogens (tertiary/aromatic N) is 3. The third kappa shape index (κ3) is 4.49. The molecular weight excluding hydrogens is 362 g/mol. The van der Waals surface area contributed by atoms with Crippen LogP contribution in [0.2, 0.25) is 0 Å². The van der Waals surface area contributed by atoms with Gasteiger partial charge in [0.2, 0.25) is 11.6 Å². The number of nitro groups is 1. The van der Waals surface area contributed by atoms with Gasteiger partial charge in [0, 0.05) is 5.56 Å². The lowest BCUT2D eigenvalue weighted by Gasteiger charge is -2.12. The van der Waals surface area contributed by atoms with E-state index in [4.69, 9.17) is 0 Å². The molecule has 0 atom stereocenters. The molecule has 0 aliphatic rings. The van der Waals surface area contributed by atoms with Gasteiger partial charge >= 0.3 is 5.69 Å². The highest BCUT2D eigenvalue weighted by Crippen LogP contribution is 2.28. The zero-order valence-corrected chi connectivity index (χ0v) is 14.8. The maximum absolute atomic E-state index is 12.2. The third-order valence-electron chi connectivity index (χ3n) is 3.71. The predicted octanol–water partition coefficient (Wildman–Crippen LogP) is 2.89. The van der Waals surface area contributed by atoms with Gasteiger partial charge in [-0.05, 0) is 31.2 Å². The molecule has 3 rings (SSSR count). The van der Waals surface area contributed by atoms with E-state index in [1.807, 2.05) is 25.1 Å². The Balaban J connectivity index is 1.74. The first kappa shape index (κ1) is 18.6. The van der Waals surface area contributed by atoms with Gasteiger partial charge in [-0.15, -0.1) is 0 Å². The van der Waals surface area contributed by atoms with E-state index < -0.39 is 16.5 Å². The monoisotopic (exact) mass is 379 g/mol. The summed E-state index contributed by atoms with van der Waals surface area (Å²) in [7, 11) is 0. The van der Waals surface area contributed by atoms with Gasteiger partial charge in [-0.3, -0.25) is 36.6 Å². The quantitative estimate of drug-likeness (QED) is 0.364. The molecule has 0 fully saturated rings. The second kappa shape index (κ2) is 8.45. The fraction of sp³-hybridized carbons (Fsp3) is 0.0556. The van der Waals surface area contributed by atoms with Crippen LogP contribution in [-0.2, 0) is 0 Å². The Bertz CT molecular complexity index is 978. The zero-order chi connectivity index (χ0) is 19.9. The molecular formula is C18H17N7O3. The van der Waals surface area contributed by atoms with E-state index in [0.717, 1.165) is 11.9 Å². The Morgan fingerprint density at radius 3 is 2.21 bits per heavy atom. The van der Waals surface area contributed by atoms with Crippen LogP contribution in [0.1, 0.15) is 15.9 Å². The van der Waals surface area contributed by atoms with E-state index in [2.05, 4.69) is 31.7 Å². The Morgan fingerprint density at radius 1 is 0.929 bits per heavy atom. The largest absolute Gasteiger partial charge is 0.356 e. The Hall–Kier alpha value is -4.21. The highest BCUT2D eigenvalue weighted by atomic mass is 16.6. The highest BCUT2D eigenvalue weighted by Gasteiger charge is 2.23. The number of anilines is 3. The number of nitrogens with one attached hydrogen (secondary N) is 4. The number of amides is 1. The molecule has 10 heteroatoms. The van der Waals surface area contributed by atoms with Crippen LogP contribution in [0.5, 0.6) is 0 Å². The maximum atomic E-state index is 12.2. The summed E-state index contributed by atoms with van der Waals surface area (Å²) in [6.07, 6.45) is 1.14. The van der Waals surface area contributed by atoms with Crippen LogP contribution in [0.15, 0.2) is 60.9 Å². The number of rotatable bonds is 7. The standard InChI is InChI=1S/C18H17N7O3/c1-12-7-9-13(10-8-12)18(26)24-23-17-15(25(27)28)16(19-11-20-17)22-21-14-5-3-2-4-6-14/h2-11,21H,1H3,(H,24,26)(H2,19,20,22,23). The van der Waals surface area contributed by atoms with Crippen LogP contribution in [0.3, 0.4) is 0 Å². The van der Waals surface area contributed by atoms with E-state index >= 15 is 0 Å². The molecule has 0 radical (unpaired) electrons. The second-order valence-electron chi connectivity index (χ2n) is 5.74. The number of carbonyl (C=O) groups is 1. The van der Waals surface area contributed by atoms with E-state index in [1.54, 1.807) is 36.4 Å². The Kier molecular flexibility index (Phi) is 5.60. The highest BCUT2D eigenvalue weighted by molar-refractivity contribution is 5.95. The molecule has 0 saturated heterocycles. The number of aryl methyl sites for hydroxylation is 1. The lowest BCUT2D eigenvalue weighted by atomic mass is 10.1. The molecule has 0 unspecified atom stereocenters. The van der Waals surface area contributed by atoms with Crippen molar-refractivity contribution in [3.63, 3.8) is 0 Å². The summed E-state index contributed by atoms with van der Waals surface area (Å²) >= 11 is 0. The van der Waals surface area contributed by atoms with Gasteiger partial charge in [0.25, 0.3) is 5.91 Å². The molecule has 2 aromatic carbocycles. The van der Waals surface area contributed by atoms with Crippen LogP contribution in [0.25, 0.3) is 0 Å². The number of hydrogen-bond acceptors (Lipinski definition) is 8. The van der Waals surface area contributed by atoms with E-state index in [0.29, 0.717) is 11.3 Å². The van der Waals surface area contributed by atoms with Crippen molar-refractivity contribution < 1.29 is 9.72 Å². The van der Waals surface area contributed by atoms with E-state index in [-0.39, 0.29) is 11.6 Å². The van der Waals surface area contributed by atoms with Crippen molar-refractivity contribution in [2.75, 3.05) is 16.3 Å². The molecule has 0 aliphatic heterocycles. The minimum absolute atomic E-state index is 0.0593. The molecule has 3 aromatic rings. The van der Waals surface area contributed by atoms with Crippen LogP contribution in [-0.4, -0.2) is 20.8 Å². The molecule has 0 bridgehead atoms. The van der Waals surface area contributed by atoms with Crippen LogP contribution in [0, 0.1) is 17.0 Å². The van der Waals surface area contributed by atoms with E-state index in [9.17, 15) is 14.9 Å². The summed E-state index contributed by atoms with van der Waals surface area (Å²) in [5.41, 5.74) is 12.1.